The summed E-state index contributed by atoms with van der Waals surface area (Å²) in [7, 11) is -3.32. The summed E-state index contributed by atoms with van der Waals surface area (Å²) in [5, 5.41) is 7.02. The summed E-state index contributed by atoms with van der Waals surface area (Å²) in [5.41, 5.74) is 6.76. The number of benzene rings is 8. The highest BCUT2D eigenvalue weighted by Crippen LogP contribution is 2.49. The summed E-state index contributed by atoms with van der Waals surface area (Å²) in [5.74, 6) is 0. The molecule has 0 spiro atoms. The van der Waals surface area contributed by atoms with E-state index < -0.39 is 7.14 Å². The summed E-state index contributed by atoms with van der Waals surface area (Å²) in [4.78, 5) is 0. The van der Waals surface area contributed by atoms with Crippen LogP contribution in [0, 0.1) is 0 Å². The van der Waals surface area contributed by atoms with Gasteiger partial charge < -0.3 is 4.57 Å². The SMILES string of the molecule is O=P(c1ccccc1)(c1ccccc1)c1ccc2c(-c3ccccc3)cccc2c1-c1cccc2c(-c3ccccc3)cccc12. The largest absolute Gasteiger partial charge is 0.309 e. The molecule has 0 amide bonds. The Morgan fingerprint density at radius 3 is 1.20 bits per heavy atom. The monoisotopic (exact) mass is 606 g/mol. The van der Waals surface area contributed by atoms with Gasteiger partial charge in [0.1, 0.15) is 0 Å². The van der Waals surface area contributed by atoms with Crippen LogP contribution in [0.1, 0.15) is 0 Å². The van der Waals surface area contributed by atoms with Crippen molar-refractivity contribution < 1.29 is 4.57 Å². The maximum Gasteiger partial charge on any atom is 0.171 e. The molecule has 0 aliphatic heterocycles. The van der Waals surface area contributed by atoms with Crippen LogP contribution >= 0.6 is 7.14 Å². The van der Waals surface area contributed by atoms with Gasteiger partial charge in [-0.05, 0) is 55.4 Å². The second-order valence-electron chi connectivity index (χ2n) is 11.6. The molecule has 0 heterocycles. The standard InChI is InChI=1S/C44H31OP/c45-46(34-20-9-3-10-21-34,35-22-11-4-12-23-35)43-31-30-40-37(33-18-7-2-8-19-33)25-14-28-42(40)44(43)41-29-15-26-38-36(24-13-27-39(38)41)32-16-5-1-6-17-32/h1-31H. The lowest BCUT2D eigenvalue weighted by atomic mass is 9.89. The fraction of sp³-hybridized carbons (Fsp3) is 0. The van der Waals surface area contributed by atoms with Gasteiger partial charge in [0.05, 0.1) is 0 Å². The number of hydrogen-bond acceptors (Lipinski definition) is 1. The highest BCUT2D eigenvalue weighted by molar-refractivity contribution is 7.85. The first kappa shape index (κ1) is 28.0. The molecule has 0 unspecified atom stereocenters. The average Bonchev–Trinajstić information content (AvgIpc) is 3.14. The van der Waals surface area contributed by atoms with Crippen LogP contribution in [0.2, 0.25) is 0 Å². The molecule has 8 aromatic rings. The Bertz CT molecular complexity index is 2320. The highest BCUT2D eigenvalue weighted by atomic mass is 31.2. The minimum atomic E-state index is -3.32. The summed E-state index contributed by atoms with van der Waals surface area (Å²) in [6.45, 7) is 0. The first-order valence-corrected chi connectivity index (χ1v) is 17.3. The zero-order valence-electron chi connectivity index (χ0n) is 25.3. The summed E-state index contributed by atoms with van der Waals surface area (Å²) < 4.78 is 16.0. The zero-order chi connectivity index (χ0) is 30.9. The molecule has 0 aromatic heterocycles. The van der Waals surface area contributed by atoms with Crippen LogP contribution in [-0.2, 0) is 4.57 Å². The maximum absolute atomic E-state index is 16.0. The van der Waals surface area contributed by atoms with Crippen molar-refractivity contribution in [3.63, 3.8) is 0 Å². The van der Waals surface area contributed by atoms with Crippen LogP contribution in [-0.4, -0.2) is 0 Å². The van der Waals surface area contributed by atoms with Crippen LogP contribution in [0.4, 0.5) is 0 Å². The molecule has 218 valence electrons. The van der Waals surface area contributed by atoms with E-state index in [-0.39, 0.29) is 0 Å². The quantitative estimate of drug-likeness (QED) is 0.172. The third kappa shape index (κ3) is 4.69. The van der Waals surface area contributed by atoms with Crippen molar-refractivity contribution in [3.8, 4) is 33.4 Å². The Hall–Kier alpha value is -5.49. The normalized spacial score (nSPS) is 11.6. The molecule has 46 heavy (non-hydrogen) atoms. The Labute approximate surface area is 269 Å². The molecule has 0 bridgehead atoms. The van der Waals surface area contributed by atoms with E-state index in [2.05, 4.69) is 127 Å². The lowest BCUT2D eigenvalue weighted by molar-refractivity contribution is 0.592. The minimum Gasteiger partial charge on any atom is -0.309 e. The Balaban J connectivity index is 1.52. The van der Waals surface area contributed by atoms with Gasteiger partial charge in [-0.15, -0.1) is 0 Å². The predicted molar refractivity (Wildman–Crippen MR) is 197 cm³/mol. The summed E-state index contributed by atoms with van der Waals surface area (Å²) in [6, 6.07) is 65.0. The molecule has 2 heteroatoms. The van der Waals surface area contributed by atoms with Crippen LogP contribution < -0.4 is 15.9 Å². The molecule has 0 saturated carbocycles. The van der Waals surface area contributed by atoms with Crippen molar-refractivity contribution in [1.82, 2.24) is 0 Å². The topological polar surface area (TPSA) is 17.1 Å². The van der Waals surface area contributed by atoms with Gasteiger partial charge in [-0.25, -0.2) is 0 Å². The van der Waals surface area contributed by atoms with E-state index in [0.29, 0.717) is 0 Å². The first-order chi connectivity index (χ1) is 22.7. The molecule has 0 radical (unpaired) electrons. The van der Waals surface area contributed by atoms with Crippen molar-refractivity contribution in [1.29, 1.82) is 0 Å². The molecule has 1 nitrogen and oxygen atoms in total. The second-order valence-corrected chi connectivity index (χ2v) is 14.3. The van der Waals surface area contributed by atoms with Crippen LogP contribution in [0.3, 0.4) is 0 Å². The number of hydrogen-bond donors (Lipinski definition) is 0. The van der Waals surface area contributed by atoms with Crippen molar-refractivity contribution in [2.45, 2.75) is 0 Å². The molecule has 0 aliphatic carbocycles. The van der Waals surface area contributed by atoms with Gasteiger partial charge in [0, 0.05) is 21.5 Å². The van der Waals surface area contributed by atoms with Gasteiger partial charge in [-0.1, -0.05) is 182 Å². The average molecular weight is 607 g/mol. The maximum atomic E-state index is 16.0. The molecule has 0 atom stereocenters. The van der Waals surface area contributed by atoms with E-state index in [9.17, 15) is 0 Å². The molecule has 0 aliphatic rings. The van der Waals surface area contributed by atoms with E-state index in [1.54, 1.807) is 0 Å². The molecular weight excluding hydrogens is 575 g/mol. The first-order valence-electron chi connectivity index (χ1n) is 15.6. The fourth-order valence-corrected chi connectivity index (χ4v) is 9.74. The zero-order valence-corrected chi connectivity index (χ0v) is 26.1. The third-order valence-corrected chi connectivity index (χ3v) is 12.1. The molecule has 0 saturated heterocycles. The van der Waals surface area contributed by atoms with E-state index >= 15 is 4.57 Å². The van der Waals surface area contributed by atoms with E-state index in [0.717, 1.165) is 54.3 Å². The smallest absolute Gasteiger partial charge is 0.171 e. The second kappa shape index (κ2) is 11.8. The lowest BCUT2D eigenvalue weighted by Gasteiger charge is -2.25. The fourth-order valence-electron chi connectivity index (χ4n) is 6.86. The Morgan fingerprint density at radius 1 is 0.304 bits per heavy atom. The summed E-state index contributed by atoms with van der Waals surface area (Å²) >= 11 is 0. The van der Waals surface area contributed by atoms with Crippen molar-refractivity contribution in [2.24, 2.45) is 0 Å². The van der Waals surface area contributed by atoms with Gasteiger partial charge in [-0.2, -0.15) is 0 Å². The molecular formula is C44H31OP. The molecule has 0 fully saturated rings. The number of fused-ring (bicyclic) bond motifs is 2. The van der Waals surface area contributed by atoms with E-state index in [4.69, 9.17) is 0 Å². The van der Waals surface area contributed by atoms with Crippen molar-refractivity contribution in [3.05, 3.63) is 188 Å². The van der Waals surface area contributed by atoms with Crippen LogP contribution in [0.25, 0.3) is 54.9 Å². The van der Waals surface area contributed by atoms with Crippen molar-refractivity contribution in [2.75, 3.05) is 0 Å². The third-order valence-electron chi connectivity index (χ3n) is 8.98. The molecule has 8 rings (SSSR count). The van der Waals surface area contributed by atoms with Gasteiger partial charge in [0.15, 0.2) is 7.14 Å². The highest BCUT2D eigenvalue weighted by Gasteiger charge is 2.33. The van der Waals surface area contributed by atoms with Gasteiger partial charge in [0.25, 0.3) is 0 Å². The number of rotatable bonds is 6. The van der Waals surface area contributed by atoms with Gasteiger partial charge in [0.2, 0.25) is 0 Å². The predicted octanol–water partition coefficient (Wildman–Crippen LogP) is 10.6. The minimum absolute atomic E-state index is 0.825. The Kier molecular flexibility index (Phi) is 7.18. The van der Waals surface area contributed by atoms with Crippen LogP contribution in [0.5, 0.6) is 0 Å². The van der Waals surface area contributed by atoms with E-state index in [1.165, 1.54) is 16.5 Å². The van der Waals surface area contributed by atoms with Crippen molar-refractivity contribution >= 4 is 44.6 Å². The van der Waals surface area contributed by atoms with Gasteiger partial charge in [-0.3, -0.25) is 0 Å². The summed E-state index contributed by atoms with van der Waals surface area (Å²) in [6.07, 6.45) is 0. The van der Waals surface area contributed by atoms with Crippen LogP contribution in [0.15, 0.2) is 188 Å². The van der Waals surface area contributed by atoms with E-state index in [1.807, 2.05) is 60.7 Å². The molecule has 0 N–H and O–H groups in total. The lowest BCUT2D eigenvalue weighted by Crippen LogP contribution is -2.26. The Morgan fingerprint density at radius 2 is 0.696 bits per heavy atom. The molecule has 8 aromatic carbocycles. The van der Waals surface area contributed by atoms with Gasteiger partial charge >= 0.3 is 0 Å².